The van der Waals surface area contributed by atoms with E-state index in [1.165, 1.54) is 12.1 Å². The third kappa shape index (κ3) is 3.95. The smallest absolute Gasteiger partial charge is 0.262 e. The lowest BCUT2D eigenvalue weighted by atomic mass is 10.1. The van der Waals surface area contributed by atoms with Gasteiger partial charge in [0.2, 0.25) is 0 Å². The third-order valence-electron chi connectivity index (χ3n) is 3.13. The molecule has 0 unspecified atom stereocenters. The van der Waals surface area contributed by atoms with Crippen molar-refractivity contribution in [1.29, 1.82) is 0 Å². The number of rotatable bonds is 4. The van der Waals surface area contributed by atoms with E-state index in [2.05, 4.69) is 5.32 Å². The van der Waals surface area contributed by atoms with Gasteiger partial charge >= 0.3 is 0 Å². The molecule has 0 spiro atoms. The number of hydrogen-bond donors (Lipinski definition) is 1. The maximum atomic E-state index is 12.9. The van der Waals surface area contributed by atoms with Crippen LogP contribution in [-0.2, 0) is 4.79 Å². The zero-order chi connectivity index (χ0) is 15.4. The molecule has 2 aromatic carbocycles. The zero-order valence-electron chi connectivity index (χ0n) is 11.7. The summed E-state index contributed by atoms with van der Waals surface area (Å²) < 4.78 is 18.2. The SMILES string of the molecule is Cc1cccc(NC(=O)COc2ccc(F)cc2Cl)c1C. The summed E-state index contributed by atoms with van der Waals surface area (Å²) in [5.41, 5.74) is 2.84. The molecular formula is C16H15ClFNO2. The fraction of sp³-hybridized carbons (Fsp3) is 0.188. The molecule has 3 nitrogen and oxygen atoms in total. The number of carbonyl (C=O) groups excluding carboxylic acids is 1. The van der Waals surface area contributed by atoms with Crippen LogP contribution in [0.2, 0.25) is 5.02 Å². The van der Waals surface area contributed by atoms with Crippen molar-refractivity contribution in [1.82, 2.24) is 0 Å². The standard InChI is InChI=1S/C16H15ClFNO2/c1-10-4-3-5-14(11(10)2)19-16(20)9-21-15-7-6-12(18)8-13(15)17/h3-8H,9H2,1-2H3,(H,19,20). The van der Waals surface area contributed by atoms with Gasteiger partial charge in [0.25, 0.3) is 5.91 Å². The average molecular weight is 308 g/mol. The second kappa shape index (κ2) is 6.59. The molecule has 21 heavy (non-hydrogen) atoms. The van der Waals surface area contributed by atoms with Gasteiger partial charge in [0.15, 0.2) is 6.61 Å². The first-order valence-electron chi connectivity index (χ1n) is 6.41. The molecule has 0 bridgehead atoms. The predicted octanol–water partition coefficient (Wildman–Crippen LogP) is 4.11. The van der Waals surface area contributed by atoms with Gasteiger partial charge in [-0.25, -0.2) is 4.39 Å². The maximum absolute atomic E-state index is 12.9. The van der Waals surface area contributed by atoms with Crippen molar-refractivity contribution in [3.8, 4) is 5.75 Å². The normalized spacial score (nSPS) is 10.3. The van der Waals surface area contributed by atoms with Crippen molar-refractivity contribution in [2.45, 2.75) is 13.8 Å². The summed E-state index contributed by atoms with van der Waals surface area (Å²) in [6.07, 6.45) is 0. The van der Waals surface area contributed by atoms with E-state index >= 15 is 0 Å². The molecule has 0 atom stereocenters. The lowest BCUT2D eigenvalue weighted by molar-refractivity contribution is -0.118. The van der Waals surface area contributed by atoms with Crippen LogP contribution in [0.15, 0.2) is 36.4 Å². The van der Waals surface area contributed by atoms with Crippen LogP contribution in [0.4, 0.5) is 10.1 Å². The van der Waals surface area contributed by atoms with Crippen LogP contribution in [-0.4, -0.2) is 12.5 Å². The molecule has 0 saturated carbocycles. The Labute approximate surface area is 127 Å². The Hall–Kier alpha value is -2.07. The van der Waals surface area contributed by atoms with E-state index in [-0.39, 0.29) is 23.3 Å². The summed E-state index contributed by atoms with van der Waals surface area (Å²) in [5.74, 6) is -0.481. The van der Waals surface area contributed by atoms with Crippen LogP contribution in [0.1, 0.15) is 11.1 Å². The molecule has 2 rings (SSSR count). The van der Waals surface area contributed by atoms with E-state index in [1.807, 2.05) is 32.0 Å². The molecule has 0 aromatic heterocycles. The van der Waals surface area contributed by atoms with E-state index in [0.717, 1.165) is 22.9 Å². The molecule has 1 amide bonds. The number of benzene rings is 2. The van der Waals surface area contributed by atoms with Crippen LogP contribution in [0.25, 0.3) is 0 Å². The fourth-order valence-corrected chi connectivity index (χ4v) is 2.03. The van der Waals surface area contributed by atoms with E-state index in [1.54, 1.807) is 0 Å². The second-order valence-electron chi connectivity index (χ2n) is 4.66. The molecule has 0 aliphatic heterocycles. The van der Waals surface area contributed by atoms with Crippen LogP contribution in [0, 0.1) is 19.7 Å². The van der Waals surface area contributed by atoms with E-state index < -0.39 is 5.82 Å². The molecule has 0 aliphatic rings. The van der Waals surface area contributed by atoms with Gasteiger partial charge in [-0.15, -0.1) is 0 Å². The quantitative estimate of drug-likeness (QED) is 0.923. The summed E-state index contributed by atoms with van der Waals surface area (Å²) in [5, 5.41) is 2.90. The minimum absolute atomic E-state index is 0.134. The topological polar surface area (TPSA) is 38.3 Å². The highest BCUT2D eigenvalue weighted by Crippen LogP contribution is 2.25. The maximum Gasteiger partial charge on any atom is 0.262 e. The van der Waals surface area contributed by atoms with Gasteiger partial charge in [-0.2, -0.15) is 0 Å². The van der Waals surface area contributed by atoms with Gasteiger partial charge in [0.05, 0.1) is 5.02 Å². The van der Waals surface area contributed by atoms with Crippen molar-refractivity contribution in [3.63, 3.8) is 0 Å². The Morgan fingerprint density at radius 1 is 1.29 bits per heavy atom. The van der Waals surface area contributed by atoms with Gasteiger partial charge < -0.3 is 10.1 Å². The van der Waals surface area contributed by atoms with Crippen LogP contribution in [0.5, 0.6) is 5.75 Å². The van der Waals surface area contributed by atoms with Crippen LogP contribution >= 0.6 is 11.6 Å². The monoisotopic (exact) mass is 307 g/mol. The molecule has 0 fully saturated rings. The minimum Gasteiger partial charge on any atom is -0.482 e. The van der Waals surface area contributed by atoms with Crippen molar-refractivity contribution in [2.75, 3.05) is 11.9 Å². The number of hydrogen-bond acceptors (Lipinski definition) is 2. The number of anilines is 1. The van der Waals surface area contributed by atoms with Gasteiger partial charge in [-0.05, 0) is 49.2 Å². The third-order valence-corrected chi connectivity index (χ3v) is 3.43. The first-order chi connectivity index (χ1) is 9.97. The average Bonchev–Trinajstić information content (AvgIpc) is 2.43. The van der Waals surface area contributed by atoms with Crippen molar-refractivity contribution in [3.05, 3.63) is 58.4 Å². The van der Waals surface area contributed by atoms with Gasteiger partial charge in [-0.1, -0.05) is 23.7 Å². The fourth-order valence-electron chi connectivity index (χ4n) is 1.81. The zero-order valence-corrected chi connectivity index (χ0v) is 12.5. The van der Waals surface area contributed by atoms with Crippen molar-refractivity contribution in [2.24, 2.45) is 0 Å². The molecule has 2 aromatic rings. The first-order valence-corrected chi connectivity index (χ1v) is 6.79. The largest absolute Gasteiger partial charge is 0.482 e. The van der Waals surface area contributed by atoms with Gasteiger partial charge in [-0.3, -0.25) is 4.79 Å². The lowest BCUT2D eigenvalue weighted by Crippen LogP contribution is -2.20. The molecule has 5 heteroatoms. The number of aryl methyl sites for hydroxylation is 1. The Morgan fingerprint density at radius 2 is 2.05 bits per heavy atom. The summed E-state index contributed by atoms with van der Waals surface area (Å²) in [6, 6.07) is 9.42. The second-order valence-corrected chi connectivity index (χ2v) is 5.07. The highest BCUT2D eigenvalue weighted by molar-refractivity contribution is 6.32. The number of halogens is 2. The lowest BCUT2D eigenvalue weighted by Gasteiger charge is -2.11. The summed E-state index contributed by atoms with van der Waals surface area (Å²) in [7, 11) is 0. The molecular weight excluding hydrogens is 293 g/mol. The highest BCUT2D eigenvalue weighted by Gasteiger charge is 2.09. The van der Waals surface area contributed by atoms with Gasteiger partial charge in [0.1, 0.15) is 11.6 Å². The molecule has 0 radical (unpaired) electrons. The van der Waals surface area contributed by atoms with E-state index in [4.69, 9.17) is 16.3 Å². The number of amides is 1. The molecule has 110 valence electrons. The van der Waals surface area contributed by atoms with Crippen molar-refractivity contribution < 1.29 is 13.9 Å². The van der Waals surface area contributed by atoms with Crippen molar-refractivity contribution >= 4 is 23.2 Å². The Balaban J connectivity index is 1.97. The van der Waals surface area contributed by atoms with Crippen LogP contribution in [0.3, 0.4) is 0 Å². The van der Waals surface area contributed by atoms with E-state index in [0.29, 0.717) is 0 Å². The Kier molecular flexibility index (Phi) is 4.81. The Morgan fingerprint density at radius 3 is 2.76 bits per heavy atom. The summed E-state index contributed by atoms with van der Waals surface area (Å²) in [4.78, 5) is 11.9. The predicted molar refractivity (Wildman–Crippen MR) is 81.5 cm³/mol. The van der Waals surface area contributed by atoms with Gasteiger partial charge in [0, 0.05) is 5.69 Å². The first kappa shape index (κ1) is 15.3. The van der Waals surface area contributed by atoms with Crippen LogP contribution < -0.4 is 10.1 Å². The van der Waals surface area contributed by atoms with E-state index in [9.17, 15) is 9.18 Å². The molecule has 1 N–H and O–H groups in total. The summed E-state index contributed by atoms with van der Waals surface area (Å²) >= 11 is 5.82. The highest BCUT2D eigenvalue weighted by atomic mass is 35.5. The Bertz CT molecular complexity index is 673. The minimum atomic E-state index is -0.452. The molecule has 0 heterocycles. The number of nitrogens with one attached hydrogen (secondary N) is 1. The number of carbonyl (C=O) groups is 1. The molecule has 0 saturated heterocycles. The summed E-state index contributed by atoms with van der Waals surface area (Å²) in [6.45, 7) is 3.71. The molecule has 0 aliphatic carbocycles. The number of ether oxygens (including phenoxy) is 1.